The number of hydrogen-bond donors (Lipinski definition) is 2. The van der Waals surface area contributed by atoms with Crippen molar-refractivity contribution in [3.63, 3.8) is 0 Å². The number of nitrogens with zero attached hydrogens (tertiary/aromatic N) is 1. The van der Waals surface area contributed by atoms with Gasteiger partial charge in [-0.05, 0) is 48.9 Å². The van der Waals surface area contributed by atoms with Crippen LogP contribution in [0.15, 0.2) is 34.7 Å². The summed E-state index contributed by atoms with van der Waals surface area (Å²) in [6, 6.07) is 3.42. The predicted octanol–water partition coefficient (Wildman–Crippen LogP) is 2.38. The Bertz CT molecular complexity index is 875. The van der Waals surface area contributed by atoms with Gasteiger partial charge >= 0.3 is 5.97 Å². The molecule has 1 aliphatic rings. The lowest BCUT2D eigenvalue weighted by molar-refractivity contribution is -0.139. The molecule has 0 fully saturated rings. The van der Waals surface area contributed by atoms with E-state index in [4.69, 9.17) is 14.6 Å². The molecule has 0 unspecified atom stereocenters. The first-order chi connectivity index (χ1) is 13.3. The standard InChI is InChI=1S/C19H20N2O6S/c1-4-6-13-7-12(8-14(26-5-2)17(13)27-10-16(23)24)9-15-18(25)21-19(28-15)20-11(3)22/h4,7-9H,1,5-6,10H2,2-3H3,(H,23,24)(H,20,21,22,25)/b15-9+. The molecule has 28 heavy (non-hydrogen) atoms. The molecule has 0 saturated heterocycles. The highest BCUT2D eigenvalue weighted by Gasteiger charge is 2.23. The molecule has 2 rings (SSSR count). The van der Waals surface area contributed by atoms with Crippen molar-refractivity contribution in [1.82, 2.24) is 5.32 Å². The van der Waals surface area contributed by atoms with Gasteiger partial charge in [-0.15, -0.1) is 6.58 Å². The maximum Gasteiger partial charge on any atom is 0.341 e. The van der Waals surface area contributed by atoms with Gasteiger partial charge in [-0.3, -0.25) is 9.59 Å². The van der Waals surface area contributed by atoms with Gasteiger partial charge in [0.1, 0.15) is 0 Å². The SMILES string of the molecule is C=CCc1cc(/C=C2/SC(NC(C)=O)=NC2=O)cc(OCC)c1OCC(=O)O. The molecule has 0 radical (unpaired) electrons. The third kappa shape index (κ3) is 5.71. The van der Waals surface area contributed by atoms with Crippen molar-refractivity contribution in [2.24, 2.45) is 4.99 Å². The van der Waals surface area contributed by atoms with Crippen LogP contribution in [0.4, 0.5) is 0 Å². The normalized spacial score (nSPS) is 14.6. The number of amides is 2. The number of hydrogen-bond acceptors (Lipinski definition) is 6. The maximum absolute atomic E-state index is 12.1. The highest BCUT2D eigenvalue weighted by atomic mass is 32.2. The zero-order valence-corrected chi connectivity index (χ0v) is 16.3. The van der Waals surface area contributed by atoms with Gasteiger partial charge in [0.05, 0.1) is 11.5 Å². The van der Waals surface area contributed by atoms with Crippen molar-refractivity contribution in [1.29, 1.82) is 0 Å². The summed E-state index contributed by atoms with van der Waals surface area (Å²) in [6.07, 6.45) is 3.70. The molecule has 1 heterocycles. The average Bonchev–Trinajstić information content (AvgIpc) is 2.92. The van der Waals surface area contributed by atoms with Crippen LogP contribution in [0, 0.1) is 0 Å². The summed E-state index contributed by atoms with van der Waals surface area (Å²) in [6.45, 7) is 6.68. The third-order valence-electron chi connectivity index (χ3n) is 3.36. The monoisotopic (exact) mass is 404 g/mol. The number of nitrogens with one attached hydrogen (secondary N) is 1. The summed E-state index contributed by atoms with van der Waals surface area (Å²) in [5.74, 6) is -1.18. The quantitative estimate of drug-likeness (QED) is 0.505. The predicted molar refractivity (Wildman–Crippen MR) is 106 cm³/mol. The van der Waals surface area contributed by atoms with Crippen LogP contribution in [-0.2, 0) is 20.8 Å². The fourth-order valence-electron chi connectivity index (χ4n) is 2.40. The maximum atomic E-state index is 12.1. The number of aliphatic imine (C=N–C) groups is 1. The largest absolute Gasteiger partial charge is 0.490 e. The Morgan fingerprint density at radius 1 is 1.36 bits per heavy atom. The second-order valence-corrected chi connectivity index (χ2v) is 6.66. The molecule has 1 aromatic carbocycles. The summed E-state index contributed by atoms with van der Waals surface area (Å²) in [4.78, 5) is 38.2. The van der Waals surface area contributed by atoms with E-state index in [0.29, 0.717) is 40.6 Å². The minimum Gasteiger partial charge on any atom is -0.490 e. The number of carbonyl (C=O) groups is 3. The molecule has 1 aromatic rings. The highest BCUT2D eigenvalue weighted by Crippen LogP contribution is 2.36. The number of amidine groups is 1. The van der Waals surface area contributed by atoms with Gasteiger partial charge in [-0.1, -0.05) is 6.08 Å². The van der Waals surface area contributed by atoms with Crippen molar-refractivity contribution < 1.29 is 29.0 Å². The Morgan fingerprint density at radius 3 is 2.71 bits per heavy atom. The number of allylic oxidation sites excluding steroid dienone is 1. The van der Waals surface area contributed by atoms with Crippen LogP contribution in [-0.4, -0.2) is 41.3 Å². The topological polar surface area (TPSA) is 114 Å². The van der Waals surface area contributed by atoms with E-state index in [1.165, 1.54) is 6.92 Å². The molecule has 2 N–H and O–H groups in total. The Kier molecular flexibility index (Phi) is 7.39. The van der Waals surface area contributed by atoms with Crippen molar-refractivity contribution in [3.8, 4) is 11.5 Å². The lowest BCUT2D eigenvalue weighted by Crippen LogP contribution is -2.23. The summed E-state index contributed by atoms with van der Waals surface area (Å²) in [7, 11) is 0. The second kappa shape index (κ2) is 9.75. The number of ether oxygens (including phenoxy) is 2. The molecule has 0 aliphatic carbocycles. The Morgan fingerprint density at radius 2 is 2.11 bits per heavy atom. The van der Waals surface area contributed by atoms with Gasteiger partial charge in [-0.2, -0.15) is 4.99 Å². The first-order valence-electron chi connectivity index (χ1n) is 8.39. The number of carbonyl (C=O) groups excluding carboxylic acids is 2. The highest BCUT2D eigenvalue weighted by molar-refractivity contribution is 8.18. The number of rotatable bonds is 8. The van der Waals surface area contributed by atoms with Crippen LogP contribution in [0.5, 0.6) is 11.5 Å². The van der Waals surface area contributed by atoms with Crippen molar-refractivity contribution in [3.05, 3.63) is 40.8 Å². The smallest absolute Gasteiger partial charge is 0.341 e. The van der Waals surface area contributed by atoms with Gasteiger partial charge in [0.2, 0.25) is 5.91 Å². The zero-order valence-electron chi connectivity index (χ0n) is 15.5. The number of benzene rings is 1. The van der Waals surface area contributed by atoms with E-state index in [2.05, 4.69) is 16.9 Å². The molecule has 8 nitrogen and oxygen atoms in total. The molecule has 0 saturated carbocycles. The summed E-state index contributed by atoms with van der Waals surface area (Å²) in [5, 5.41) is 11.6. The van der Waals surface area contributed by atoms with E-state index in [1.807, 2.05) is 0 Å². The molecular formula is C19H20N2O6S. The minimum absolute atomic E-state index is 0.224. The summed E-state index contributed by atoms with van der Waals surface area (Å²) in [5.41, 5.74) is 1.32. The fourth-order valence-corrected chi connectivity index (χ4v) is 3.26. The van der Waals surface area contributed by atoms with Crippen molar-refractivity contribution in [2.45, 2.75) is 20.3 Å². The van der Waals surface area contributed by atoms with Crippen LogP contribution in [0.25, 0.3) is 6.08 Å². The van der Waals surface area contributed by atoms with Crippen LogP contribution in [0.1, 0.15) is 25.0 Å². The van der Waals surface area contributed by atoms with Crippen LogP contribution in [0.3, 0.4) is 0 Å². The fraction of sp³-hybridized carbons (Fsp3) is 0.263. The van der Waals surface area contributed by atoms with Gasteiger partial charge in [0.15, 0.2) is 23.3 Å². The molecule has 0 aromatic heterocycles. The van der Waals surface area contributed by atoms with Crippen LogP contribution < -0.4 is 14.8 Å². The average molecular weight is 404 g/mol. The van der Waals surface area contributed by atoms with Crippen LogP contribution >= 0.6 is 11.8 Å². The number of thioether (sulfide) groups is 1. The van der Waals surface area contributed by atoms with E-state index in [-0.39, 0.29) is 11.1 Å². The molecule has 0 atom stereocenters. The minimum atomic E-state index is -1.10. The third-order valence-corrected chi connectivity index (χ3v) is 4.26. The van der Waals surface area contributed by atoms with E-state index in [1.54, 1.807) is 31.2 Å². The van der Waals surface area contributed by atoms with Gasteiger partial charge in [0, 0.05) is 12.5 Å². The number of carboxylic acids is 1. The summed E-state index contributed by atoms with van der Waals surface area (Å²) >= 11 is 1.06. The van der Waals surface area contributed by atoms with E-state index in [0.717, 1.165) is 11.8 Å². The second-order valence-electron chi connectivity index (χ2n) is 5.63. The van der Waals surface area contributed by atoms with Crippen LogP contribution in [0.2, 0.25) is 0 Å². The number of carboxylic acid groups (broad SMARTS) is 1. The summed E-state index contributed by atoms with van der Waals surface area (Å²) < 4.78 is 11.0. The van der Waals surface area contributed by atoms with Gasteiger partial charge in [0.25, 0.3) is 5.91 Å². The lowest BCUT2D eigenvalue weighted by atomic mass is 10.0. The molecule has 9 heteroatoms. The Labute approximate surface area is 166 Å². The van der Waals surface area contributed by atoms with Gasteiger partial charge in [-0.25, -0.2) is 4.79 Å². The van der Waals surface area contributed by atoms with E-state index >= 15 is 0 Å². The van der Waals surface area contributed by atoms with E-state index < -0.39 is 18.5 Å². The Balaban J connectivity index is 2.39. The Hall–Kier alpha value is -3.07. The molecule has 1 aliphatic heterocycles. The molecule has 0 spiro atoms. The molecule has 2 amide bonds. The molecule has 0 bridgehead atoms. The van der Waals surface area contributed by atoms with Gasteiger partial charge < -0.3 is 19.9 Å². The first kappa shape index (κ1) is 21.2. The lowest BCUT2D eigenvalue weighted by Gasteiger charge is -2.16. The first-order valence-corrected chi connectivity index (χ1v) is 9.21. The van der Waals surface area contributed by atoms with Crippen molar-refractivity contribution in [2.75, 3.05) is 13.2 Å². The van der Waals surface area contributed by atoms with E-state index in [9.17, 15) is 14.4 Å². The zero-order chi connectivity index (χ0) is 20.7. The number of aliphatic carboxylic acids is 1. The molecule has 148 valence electrons. The molecular weight excluding hydrogens is 384 g/mol. The van der Waals surface area contributed by atoms with Crippen molar-refractivity contribution >= 4 is 40.8 Å².